The van der Waals surface area contributed by atoms with Gasteiger partial charge in [-0.3, -0.25) is 4.79 Å². The van der Waals surface area contributed by atoms with Crippen molar-refractivity contribution in [3.8, 4) is 22.1 Å². The molecule has 156 valence electrons. The molecule has 0 saturated heterocycles. The van der Waals surface area contributed by atoms with Crippen molar-refractivity contribution in [2.24, 2.45) is 0 Å². The second-order valence-corrected chi connectivity index (χ2v) is 7.86. The summed E-state index contributed by atoms with van der Waals surface area (Å²) >= 11 is 1.41. The van der Waals surface area contributed by atoms with Gasteiger partial charge in [0.2, 0.25) is 0 Å². The van der Waals surface area contributed by atoms with Gasteiger partial charge >= 0.3 is 0 Å². The molecule has 0 spiro atoms. The van der Waals surface area contributed by atoms with Gasteiger partial charge in [-0.1, -0.05) is 42.5 Å². The normalized spacial score (nSPS) is 10.5. The van der Waals surface area contributed by atoms with Gasteiger partial charge in [0, 0.05) is 16.6 Å². The molecule has 5 nitrogen and oxygen atoms in total. The highest BCUT2D eigenvalue weighted by Crippen LogP contribution is 2.34. The van der Waals surface area contributed by atoms with Crippen LogP contribution in [-0.4, -0.2) is 18.0 Å². The van der Waals surface area contributed by atoms with E-state index < -0.39 is 0 Å². The standard InChI is InChI=1S/C25H22N2O3S/c1-17-7-6-10-20(13-17)26-24(28)21-16-31-25(27-21)19-11-12-22(23(14-19)29-2)30-15-18-8-4-3-5-9-18/h3-14,16H,15H2,1-2H3,(H,26,28). The Hall–Kier alpha value is -3.64. The molecule has 0 radical (unpaired) electrons. The van der Waals surface area contributed by atoms with Gasteiger partial charge in [-0.25, -0.2) is 4.98 Å². The third kappa shape index (κ3) is 5.10. The Morgan fingerprint density at radius 1 is 1.00 bits per heavy atom. The predicted octanol–water partition coefficient (Wildman–Crippen LogP) is 5.96. The zero-order valence-electron chi connectivity index (χ0n) is 17.3. The third-order valence-corrected chi connectivity index (χ3v) is 5.55. The number of carbonyl (C=O) groups is 1. The number of aromatic nitrogens is 1. The highest BCUT2D eigenvalue weighted by molar-refractivity contribution is 7.13. The minimum atomic E-state index is -0.233. The molecule has 0 fully saturated rings. The van der Waals surface area contributed by atoms with Gasteiger partial charge in [0.15, 0.2) is 11.5 Å². The first kappa shape index (κ1) is 20.6. The molecule has 0 unspecified atom stereocenters. The van der Waals surface area contributed by atoms with Crippen LogP contribution in [0.2, 0.25) is 0 Å². The van der Waals surface area contributed by atoms with E-state index in [0.29, 0.717) is 23.8 Å². The molecule has 0 atom stereocenters. The van der Waals surface area contributed by atoms with Crippen LogP contribution >= 0.6 is 11.3 Å². The molecule has 0 bridgehead atoms. The highest BCUT2D eigenvalue weighted by Gasteiger charge is 2.14. The number of hydrogen-bond acceptors (Lipinski definition) is 5. The lowest BCUT2D eigenvalue weighted by molar-refractivity contribution is 0.102. The van der Waals surface area contributed by atoms with Crippen LogP contribution in [0.25, 0.3) is 10.6 Å². The van der Waals surface area contributed by atoms with E-state index in [-0.39, 0.29) is 5.91 Å². The molecule has 0 aliphatic heterocycles. The first-order valence-electron chi connectivity index (χ1n) is 9.81. The van der Waals surface area contributed by atoms with Gasteiger partial charge < -0.3 is 14.8 Å². The van der Waals surface area contributed by atoms with Crippen molar-refractivity contribution in [2.45, 2.75) is 13.5 Å². The van der Waals surface area contributed by atoms with Gasteiger partial charge in [0.25, 0.3) is 5.91 Å². The van der Waals surface area contributed by atoms with Crippen molar-refractivity contribution in [1.82, 2.24) is 4.98 Å². The van der Waals surface area contributed by atoms with Crippen LogP contribution in [0, 0.1) is 6.92 Å². The van der Waals surface area contributed by atoms with Gasteiger partial charge in [0.05, 0.1) is 7.11 Å². The average Bonchev–Trinajstić information content (AvgIpc) is 3.29. The fraction of sp³-hybridized carbons (Fsp3) is 0.120. The molecule has 4 rings (SSSR count). The van der Waals surface area contributed by atoms with E-state index in [4.69, 9.17) is 9.47 Å². The number of methoxy groups -OCH3 is 1. The monoisotopic (exact) mass is 430 g/mol. The Morgan fingerprint density at radius 3 is 2.61 bits per heavy atom. The molecule has 6 heteroatoms. The molecule has 1 aromatic heterocycles. The first-order chi connectivity index (χ1) is 15.1. The second kappa shape index (κ2) is 9.45. The lowest BCUT2D eigenvalue weighted by atomic mass is 10.2. The minimum absolute atomic E-state index is 0.233. The van der Waals surface area contributed by atoms with Crippen LogP contribution in [0.4, 0.5) is 5.69 Å². The number of carbonyl (C=O) groups excluding carboxylic acids is 1. The zero-order chi connectivity index (χ0) is 21.6. The summed E-state index contributed by atoms with van der Waals surface area (Å²) in [5.41, 5.74) is 4.16. The molecule has 0 aliphatic carbocycles. The fourth-order valence-corrected chi connectivity index (χ4v) is 3.88. The molecule has 3 aromatic carbocycles. The Bertz CT molecular complexity index is 1190. The third-order valence-electron chi connectivity index (χ3n) is 4.66. The van der Waals surface area contributed by atoms with Crippen molar-refractivity contribution >= 4 is 22.9 Å². The molecule has 4 aromatic rings. The quantitative estimate of drug-likeness (QED) is 0.393. The van der Waals surface area contributed by atoms with Crippen LogP contribution in [0.3, 0.4) is 0 Å². The van der Waals surface area contributed by atoms with Crippen molar-refractivity contribution in [3.05, 3.63) is 95.0 Å². The number of benzene rings is 3. The number of nitrogens with zero attached hydrogens (tertiary/aromatic N) is 1. The summed E-state index contributed by atoms with van der Waals surface area (Å²) in [4.78, 5) is 17.1. The van der Waals surface area contributed by atoms with Crippen LogP contribution in [0.15, 0.2) is 78.2 Å². The molecule has 0 aliphatic rings. The van der Waals surface area contributed by atoms with Crippen LogP contribution in [-0.2, 0) is 6.61 Å². The van der Waals surface area contributed by atoms with E-state index in [1.54, 1.807) is 12.5 Å². The number of hydrogen-bond donors (Lipinski definition) is 1. The van der Waals surface area contributed by atoms with E-state index in [1.165, 1.54) is 11.3 Å². The maximum atomic E-state index is 12.6. The molecule has 31 heavy (non-hydrogen) atoms. The fourth-order valence-electron chi connectivity index (χ4n) is 3.08. The molecule has 0 saturated carbocycles. The Kier molecular flexibility index (Phi) is 6.29. The number of amides is 1. The first-order valence-corrected chi connectivity index (χ1v) is 10.7. The second-order valence-electron chi connectivity index (χ2n) is 7.00. The number of thiazole rings is 1. The predicted molar refractivity (Wildman–Crippen MR) is 124 cm³/mol. The average molecular weight is 431 g/mol. The molecule has 1 heterocycles. The number of nitrogens with one attached hydrogen (secondary N) is 1. The smallest absolute Gasteiger partial charge is 0.275 e. The summed E-state index contributed by atoms with van der Waals surface area (Å²) < 4.78 is 11.4. The molecular weight excluding hydrogens is 408 g/mol. The van der Waals surface area contributed by atoms with E-state index in [0.717, 1.165) is 27.4 Å². The Morgan fingerprint density at radius 2 is 1.84 bits per heavy atom. The van der Waals surface area contributed by atoms with Crippen LogP contribution in [0.5, 0.6) is 11.5 Å². The number of anilines is 1. The maximum absolute atomic E-state index is 12.6. The van der Waals surface area contributed by atoms with E-state index in [9.17, 15) is 4.79 Å². The van der Waals surface area contributed by atoms with Crippen molar-refractivity contribution in [1.29, 1.82) is 0 Å². The Balaban J connectivity index is 1.48. The number of rotatable bonds is 7. The lowest BCUT2D eigenvalue weighted by Crippen LogP contribution is -2.12. The van der Waals surface area contributed by atoms with Crippen molar-refractivity contribution in [3.63, 3.8) is 0 Å². The van der Waals surface area contributed by atoms with E-state index >= 15 is 0 Å². The largest absolute Gasteiger partial charge is 0.493 e. The minimum Gasteiger partial charge on any atom is -0.493 e. The summed E-state index contributed by atoms with van der Waals surface area (Å²) in [5, 5.41) is 5.38. The lowest BCUT2D eigenvalue weighted by Gasteiger charge is -2.11. The Labute approximate surface area is 185 Å². The van der Waals surface area contributed by atoms with Crippen LogP contribution in [0.1, 0.15) is 21.6 Å². The SMILES string of the molecule is COc1cc(-c2nc(C(=O)Nc3cccc(C)c3)cs2)ccc1OCc1ccccc1. The summed E-state index contributed by atoms with van der Waals surface area (Å²) in [5.74, 6) is 1.04. The summed E-state index contributed by atoms with van der Waals surface area (Å²) in [6.45, 7) is 2.44. The van der Waals surface area contributed by atoms with Gasteiger partial charge in [-0.2, -0.15) is 0 Å². The maximum Gasteiger partial charge on any atom is 0.275 e. The van der Waals surface area contributed by atoms with E-state index in [2.05, 4.69) is 10.3 Å². The zero-order valence-corrected chi connectivity index (χ0v) is 18.1. The van der Waals surface area contributed by atoms with Gasteiger partial charge in [-0.15, -0.1) is 11.3 Å². The summed E-state index contributed by atoms with van der Waals surface area (Å²) in [6.07, 6.45) is 0. The molecular formula is C25H22N2O3S. The van der Waals surface area contributed by atoms with Crippen molar-refractivity contribution in [2.75, 3.05) is 12.4 Å². The molecule has 1 N–H and O–H groups in total. The van der Waals surface area contributed by atoms with E-state index in [1.807, 2.05) is 79.7 Å². The number of aryl methyl sites for hydroxylation is 1. The summed E-state index contributed by atoms with van der Waals surface area (Å²) in [6, 6.07) is 23.3. The highest BCUT2D eigenvalue weighted by atomic mass is 32.1. The summed E-state index contributed by atoms with van der Waals surface area (Å²) in [7, 11) is 1.61. The van der Waals surface area contributed by atoms with Gasteiger partial charge in [-0.05, 0) is 48.4 Å². The number of ether oxygens (including phenoxy) is 2. The molecule has 1 amide bonds. The van der Waals surface area contributed by atoms with Gasteiger partial charge in [0.1, 0.15) is 17.3 Å². The topological polar surface area (TPSA) is 60.5 Å². The van der Waals surface area contributed by atoms with Crippen LogP contribution < -0.4 is 14.8 Å². The van der Waals surface area contributed by atoms with Crippen molar-refractivity contribution < 1.29 is 14.3 Å².